The maximum Gasteiger partial charge on any atom is -0.0195 e. The van der Waals surface area contributed by atoms with Crippen molar-refractivity contribution < 1.29 is 0 Å². The highest BCUT2D eigenvalue weighted by Gasteiger charge is 0.838. The van der Waals surface area contributed by atoms with Gasteiger partial charge in [0, 0.05) is 0 Å². The molecule has 4 heteroatoms. The van der Waals surface area contributed by atoms with Crippen molar-refractivity contribution in [2.45, 2.75) is 0 Å². The normalized spacial score (nSPS) is 2.00. The standard InChI is InChI=1S/2CH5N.2ClH/c2*1-2;;/h2*2H2,1H3;2*1H. The van der Waals surface area contributed by atoms with Crippen molar-refractivity contribution in [3.8, 4) is 0 Å². The Labute approximate surface area is 51.1 Å². The minimum atomic E-state index is 0. The first-order chi connectivity index (χ1) is 2.00. The minimum absolute atomic E-state index is 0. The minimum Gasteiger partial charge on any atom is -0.333 e. The van der Waals surface area contributed by atoms with Gasteiger partial charge in [0.1, 0.15) is 0 Å². The monoisotopic (exact) mass is 134 g/mol. The summed E-state index contributed by atoms with van der Waals surface area (Å²) in [7, 11) is 3.00. The number of hydrogen-bond acceptors (Lipinski definition) is 2. The lowest BCUT2D eigenvalue weighted by Gasteiger charge is -1.19. The van der Waals surface area contributed by atoms with Crippen molar-refractivity contribution in [3.63, 3.8) is 0 Å². The van der Waals surface area contributed by atoms with Gasteiger partial charge in [-0.1, -0.05) is 0 Å². The van der Waals surface area contributed by atoms with E-state index in [-0.39, 0.29) is 24.8 Å². The molecule has 0 aromatic rings. The van der Waals surface area contributed by atoms with Gasteiger partial charge in [0.2, 0.25) is 0 Å². The van der Waals surface area contributed by atoms with E-state index in [1.165, 1.54) is 14.1 Å². The van der Waals surface area contributed by atoms with Crippen molar-refractivity contribution in [1.82, 2.24) is 0 Å². The van der Waals surface area contributed by atoms with E-state index in [9.17, 15) is 0 Å². The van der Waals surface area contributed by atoms with Crippen LogP contribution in [-0.4, -0.2) is 14.1 Å². The molecule has 0 aliphatic rings. The van der Waals surface area contributed by atoms with Crippen LogP contribution in [0.5, 0.6) is 0 Å². The van der Waals surface area contributed by atoms with Crippen molar-refractivity contribution in [2.75, 3.05) is 14.1 Å². The molecular weight excluding hydrogens is 123 g/mol. The summed E-state index contributed by atoms with van der Waals surface area (Å²) >= 11 is 0. The van der Waals surface area contributed by atoms with Crippen LogP contribution in [0.2, 0.25) is 0 Å². The fraction of sp³-hybridized carbons (Fsp3) is 1.00. The van der Waals surface area contributed by atoms with Gasteiger partial charge in [-0.3, -0.25) is 0 Å². The van der Waals surface area contributed by atoms with E-state index in [0.717, 1.165) is 0 Å². The molecule has 0 heterocycles. The van der Waals surface area contributed by atoms with Crippen molar-refractivity contribution >= 4 is 24.8 Å². The van der Waals surface area contributed by atoms with E-state index in [1.807, 2.05) is 0 Å². The zero-order valence-corrected chi connectivity index (χ0v) is 5.60. The Morgan fingerprint density at radius 1 is 0.667 bits per heavy atom. The summed E-state index contributed by atoms with van der Waals surface area (Å²) in [6, 6.07) is 0. The van der Waals surface area contributed by atoms with Crippen molar-refractivity contribution in [1.29, 1.82) is 0 Å². The van der Waals surface area contributed by atoms with Crippen LogP contribution in [0.1, 0.15) is 0 Å². The quantitative estimate of drug-likeness (QED) is 0.491. The molecule has 2 nitrogen and oxygen atoms in total. The van der Waals surface area contributed by atoms with E-state index in [2.05, 4.69) is 11.5 Å². The Bertz CT molecular complexity index is 9.51. The van der Waals surface area contributed by atoms with E-state index < -0.39 is 0 Å². The smallest absolute Gasteiger partial charge is 0.0195 e. The van der Waals surface area contributed by atoms with Crippen LogP contribution in [-0.2, 0) is 0 Å². The van der Waals surface area contributed by atoms with Crippen LogP contribution in [0.25, 0.3) is 0 Å². The molecule has 0 amide bonds. The summed E-state index contributed by atoms with van der Waals surface area (Å²) in [6.07, 6.45) is 0. The molecule has 0 aromatic carbocycles. The van der Waals surface area contributed by atoms with Gasteiger partial charge in [-0.15, -0.1) is 24.8 Å². The summed E-state index contributed by atoms with van der Waals surface area (Å²) < 4.78 is 0. The second-order valence-corrected chi connectivity index (χ2v) is 0. The van der Waals surface area contributed by atoms with E-state index >= 15 is 0 Å². The number of nitrogens with two attached hydrogens (primary N) is 2. The van der Waals surface area contributed by atoms with Gasteiger partial charge in [0.25, 0.3) is 0 Å². The molecule has 0 spiro atoms. The molecule has 0 radical (unpaired) electrons. The third kappa shape index (κ3) is 221. The molecule has 0 unspecified atom stereocenters. The highest BCUT2D eigenvalue weighted by molar-refractivity contribution is 5.85. The molecule has 0 aliphatic heterocycles. The molecule has 0 aromatic heterocycles. The predicted octanol–water partition coefficient (Wildman–Crippen LogP) is -0.00660. The third-order valence-corrected chi connectivity index (χ3v) is 0. The molecule has 0 rings (SSSR count). The molecule has 0 atom stereocenters. The van der Waals surface area contributed by atoms with Crippen molar-refractivity contribution in [2.24, 2.45) is 11.5 Å². The van der Waals surface area contributed by atoms with Gasteiger partial charge >= 0.3 is 0 Å². The molecular formula is C2H12Cl2N2. The van der Waals surface area contributed by atoms with Gasteiger partial charge in [0.05, 0.1) is 0 Å². The highest BCUT2D eigenvalue weighted by Crippen LogP contribution is 0.691. The Morgan fingerprint density at radius 2 is 0.667 bits per heavy atom. The lowest BCUT2D eigenvalue weighted by atomic mass is 11.6. The summed E-state index contributed by atoms with van der Waals surface area (Å²) in [5, 5.41) is 0. The molecule has 0 saturated heterocycles. The van der Waals surface area contributed by atoms with Crippen LogP contribution < -0.4 is 11.5 Å². The summed E-state index contributed by atoms with van der Waals surface area (Å²) in [6.45, 7) is 0. The first-order valence-electron chi connectivity index (χ1n) is 1.15. The topological polar surface area (TPSA) is 52.0 Å². The van der Waals surface area contributed by atoms with Crippen LogP contribution in [0.3, 0.4) is 0 Å². The van der Waals surface area contributed by atoms with E-state index in [0.29, 0.717) is 0 Å². The average Bonchev–Trinajstić information content (AvgIpc) is 1.50. The zero-order valence-electron chi connectivity index (χ0n) is 3.97. The number of hydrogen-bond donors (Lipinski definition) is 2. The molecule has 6 heavy (non-hydrogen) atoms. The second-order valence-electron chi connectivity index (χ2n) is 0. The molecule has 0 aliphatic carbocycles. The molecule has 4 N–H and O–H groups in total. The summed E-state index contributed by atoms with van der Waals surface area (Å²) in [5.74, 6) is 0. The molecule has 44 valence electrons. The molecule has 0 saturated carbocycles. The predicted molar refractivity (Wildman–Crippen MR) is 34.7 cm³/mol. The lowest BCUT2D eigenvalue weighted by molar-refractivity contribution is 1.48. The fourth-order valence-corrected chi connectivity index (χ4v) is 0. The average molecular weight is 135 g/mol. The Hall–Kier alpha value is 0.500. The van der Waals surface area contributed by atoms with Crippen LogP contribution in [0, 0.1) is 0 Å². The van der Waals surface area contributed by atoms with Crippen molar-refractivity contribution in [3.05, 3.63) is 0 Å². The van der Waals surface area contributed by atoms with Gasteiger partial charge in [-0.05, 0) is 14.1 Å². The first kappa shape index (κ1) is 31.5. The Morgan fingerprint density at radius 3 is 0.667 bits per heavy atom. The van der Waals surface area contributed by atoms with Gasteiger partial charge in [0.15, 0.2) is 0 Å². The van der Waals surface area contributed by atoms with Gasteiger partial charge in [-0.25, -0.2) is 0 Å². The Balaban J connectivity index is -0.00000000500. The third-order valence-electron chi connectivity index (χ3n) is 0. The largest absolute Gasteiger partial charge is 0.333 e. The lowest BCUT2D eigenvalue weighted by Crippen LogP contribution is -1.69. The molecule has 0 bridgehead atoms. The molecule has 0 fully saturated rings. The van der Waals surface area contributed by atoms with Crippen LogP contribution in [0.15, 0.2) is 0 Å². The van der Waals surface area contributed by atoms with Crippen LogP contribution in [0.4, 0.5) is 0 Å². The number of halogens is 2. The fourth-order valence-electron chi connectivity index (χ4n) is 0. The second kappa shape index (κ2) is 446. The van der Waals surface area contributed by atoms with Crippen LogP contribution >= 0.6 is 24.8 Å². The summed E-state index contributed by atoms with van der Waals surface area (Å²) in [4.78, 5) is 0. The first-order valence-corrected chi connectivity index (χ1v) is 1.15. The van der Waals surface area contributed by atoms with E-state index in [1.54, 1.807) is 0 Å². The SMILES string of the molecule is CN.CN.Cl.Cl. The van der Waals surface area contributed by atoms with Gasteiger partial charge in [-0.2, -0.15) is 0 Å². The highest BCUT2D eigenvalue weighted by atomic mass is 35.5. The maximum absolute atomic E-state index is 4.50. The van der Waals surface area contributed by atoms with E-state index in [4.69, 9.17) is 0 Å². The maximum atomic E-state index is 4.50. The van der Waals surface area contributed by atoms with Gasteiger partial charge < -0.3 is 11.5 Å². The zero-order chi connectivity index (χ0) is 4.00. The summed E-state index contributed by atoms with van der Waals surface area (Å²) in [5.41, 5.74) is 9.00. The Kier molecular flexibility index (Phi) is 2340. The number of rotatable bonds is 0.